The number of hydrogen-bond acceptors (Lipinski definition) is 3. The second kappa shape index (κ2) is 4.65. The van der Waals surface area contributed by atoms with Crippen LogP contribution in [0.5, 0.6) is 0 Å². The predicted molar refractivity (Wildman–Crippen MR) is 64.9 cm³/mol. The van der Waals surface area contributed by atoms with Crippen LogP contribution < -0.4 is 10.2 Å². The van der Waals surface area contributed by atoms with Gasteiger partial charge >= 0.3 is 11.9 Å². The van der Waals surface area contributed by atoms with Crippen LogP contribution in [0.4, 0.5) is 20.2 Å². The monoisotopic (exact) mass is 290 g/mol. The number of nitrogens with zero attached hydrogens (tertiary/aromatic N) is 1. The van der Waals surface area contributed by atoms with Crippen LogP contribution in [0.15, 0.2) is 18.2 Å². The summed E-state index contributed by atoms with van der Waals surface area (Å²) in [6.07, 6.45) is 0. The van der Waals surface area contributed by atoms with Gasteiger partial charge in [-0.1, -0.05) is 11.6 Å². The van der Waals surface area contributed by atoms with Crippen molar-refractivity contribution in [1.29, 1.82) is 0 Å². The lowest BCUT2D eigenvalue weighted by Crippen LogP contribution is -2.56. The number of nitrogens with one attached hydrogen (secondary N) is 1. The topological polar surface area (TPSA) is 69.6 Å². The number of carboxylic acids is 1. The summed E-state index contributed by atoms with van der Waals surface area (Å²) in [5.41, 5.74) is 0.403. The van der Waals surface area contributed by atoms with Crippen LogP contribution in [0.25, 0.3) is 0 Å². The Balaban J connectivity index is 2.24. The Morgan fingerprint density at radius 3 is 2.53 bits per heavy atom. The summed E-state index contributed by atoms with van der Waals surface area (Å²) in [5.74, 6) is -5.69. The van der Waals surface area contributed by atoms with E-state index in [-0.39, 0.29) is 10.7 Å². The molecule has 0 aromatic heterocycles. The number of carbonyl (C=O) groups excluding carboxylic acids is 1. The van der Waals surface area contributed by atoms with Gasteiger partial charge in [0.05, 0.1) is 24.5 Å². The molecule has 0 radical (unpaired) electrons. The molecule has 0 bridgehead atoms. The molecule has 1 fully saturated rings. The molecule has 0 aliphatic carbocycles. The van der Waals surface area contributed by atoms with Gasteiger partial charge < -0.3 is 15.3 Å². The zero-order valence-electron chi connectivity index (χ0n) is 9.49. The number of carbonyl (C=O) groups is 2. The Morgan fingerprint density at radius 2 is 2.00 bits per heavy atom. The Labute approximate surface area is 111 Å². The van der Waals surface area contributed by atoms with Crippen LogP contribution in [-0.2, 0) is 9.59 Å². The summed E-state index contributed by atoms with van der Waals surface area (Å²) in [6, 6.07) is 4.24. The molecule has 5 nitrogen and oxygen atoms in total. The van der Waals surface area contributed by atoms with Gasteiger partial charge in [-0.15, -0.1) is 0 Å². The Bertz CT molecular complexity index is 543. The zero-order chi connectivity index (χ0) is 14.2. The number of carboxylic acid groups (broad SMARTS) is 1. The first-order valence-corrected chi connectivity index (χ1v) is 5.63. The van der Waals surface area contributed by atoms with Crippen LogP contribution >= 0.6 is 11.6 Å². The van der Waals surface area contributed by atoms with Gasteiger partial charge in [0, 0.05) is 5.02 Å². The van der Waals surface area contributed by atoms with Crippen molar-refractivity contribution in [2.75, 3.05) is 23.3 Å². The van der Waals surface area contributed by atoms with Gasteiger partial charge in [-0.05, 0) is 18.2 Å². The minimum Gasteiger partial charge on any atom is -0.474 e. The number of alkyl halides is 2. The van der Waals surface area contributed by atoms with Crippen molar-refractivity contribution < 1.29 is 23.5 Å². The van der Waals surface area contributed by atoms with E-state index in [9.17, 15) is 18.4 Å². The normalized spacial score (nSPS) is 16.7. The van der Waals surface area contributed by atoms with Gasteiger partial charge in [0.15, 0.2) is 0 Å². The predicted octanol–water partition coefficient (Wildman–Crippen LogP) is 1.82. The Hall–Kier alpha value is -1.89. The van der Waals surface area contributed by atoms with E-state index < -0.39 is 30.9 Å². The molecule has 8 heteroatoms. The number of benzene rings is 1. The third kappa shape index (κ3) is 2.93. The van der Waals surface area contributed by atoms with Gasteiger partial charge in [0.2, 0.25) is 0 Å². The van der Waals surface area contributed by atoms with E-state index in [0.29, 0.717) is 5.69 Å². The first-order chi connectivity index (χ1) is 8.78. The minimum atomic E-state index is -2.77. The molecule has 0 saturated carbocycles. The van der Waals surface area contributed by atoms with Crippen LogP contribution in [0.3, 0.4) is 0 Å². The number of aliphatic carboxylic acids is 1. The van der Waals surface area contributed by atoms with Crippen molar-refractivity contribution in [3.8, 4) is 0 Å². The standard InChI is InChI=1S/C11H9ClF2N2O3/c12-6-1-2-8(16-4-11(13,14)5-16)7(3-6)15-9(17)10(18)19/h1-3H,4-5H2,(H,15,17)(H,18,19). The molecule has 1 amide bonds. The average Bonchev–Trinajstić information content (AvgIpc) is 2.26. The van der Waals surface area contributed by atoms with E-state index in [2.05, 4.69) is 5.32 Å². The van der Waals surface area contributed by atoms with E-state index in [1.165, 1.54) is 23.1 Å². The lowest BCUT2D eigenvalue weighted by atomic mass is 10.1. The molecule has 0 unspecified atom stereocenters. The van der Waals surface area contributed by atoms with Crippen molar-refractivity contribution in [2.45, 2.75) is 5.92 Å². The smallest absolute Gasteiger partial charge is 0.394 e. The van der Waals surface area contributed by atoms with Crippen LogP contribution in [-0.4, -0.2) is 36.0 Å². The summed E-state index contributed by atoms with van der Waals surface area (Å²) in [5, 5.41) is 10.9. The maximum atomic E-state index is 12.8. The van der Waals surface area contributed by atoms with E-state index in [1.807, 2.05) is 0 Å². The van der Waals surface area contributed by atoms with Crippen LogP contribution in [0.2, 0.25) is 5.02 Å². The molecule has 0 atom stereocenters. The first kappa shape index (κ1) is 13.5. The van der Waals surface area contributed by atoms with Crippen molar-refractivity contribution in [3.05, 3.63) is 23.2 Å². The maximum Gasteiger partial charge on any atom is 0.394 e. The van der Waals surface area contributed by atoms with E-state index >= 15 is 0 Å². The molecular weight excluding hydrogens is 282 g/mol. The van der Waals surface area contributed by atoms with Gasteiger partial charge in [-0.25, -0.2) is 13.6 Å². The van der Waals surface area contributed by atoms with Gasteiger partial charge in [-0.3, -0.25) is 4.79 Å². The van der Waals surface area contributed by atoms with Crippen molar-refractivity contribution in [2.24, 2.45) is 0 Å². The molecule has 2 rings (SSSR count). The van der Waals surface area contributed by atoms with E-state index in [0.717, 1.165) is 0 Å². The molecular formula is C11H9ClF2N2O3. The van der Waals surface area contributed by atoms with Crippen LogP contribution in [0, 0.1) is 0 Å². The molecule has 1 aromatic rings. The summed E-state index contributed by atoms with van der Waals surface area (Å²) < 4.78 is 25.7. The lowest BCUT2D eigenvalue weighted by molar-refractivity contribution is -0.147. The minimum absolute atomic E-state index is 0.0930. The molecule has 1 aromatic carbocycles. The molecule has 102 valence electrons. The second-order valence-electron chi connectivity index (χ2n) is 4.13. The molecule has 19 heavy (non-hydrogen) atoms. The highest BCUT2D eigenvalue weighted by atomic mass is 35.5. The second-order valence-corrected chi connectivity index (χ2v) is 4.57. The average molecular weight is 291 g/mol. The largest absolute Gasteiger partial charge is 0.474 e. The number of rotatable bonds is 2. The van der Waals surface area contributed by atoms with Crippen molar-refractivity contribution in [1.82, 2.24) is 0 Å². The summed E-state index contributed by atoms with van der Waals surface area (Å²) in [4.78, 5) is 22.9. The van der Waals surface area contributed by atoms with Gasteiger partial charge in [-0.2, -0.15) is 0 Å². The number of halogens is 3. The number of hydrogen-bond donors (Lipinski definition) is 2. The summed E-state index contributed by atoms with van der Waals surface area (Å²) in [6.45, 7) is -0.963. The Kier molecular flexibility index (Phi) is 3.32. The summed E-state index contributed by atoms with van der Waals surface area (Å²) >= 11 is 5.74. The SMILES string of the molecule is O=C(O)C(=O)Nc1cc(Cl)ccc1N1CC(F)(F)C1. The lowest BCUT2D eigenvalue weighted by Gasteiger charge is -2.41. The fraction of sp³-hybridized carbons (Fsp3) is 0.273. The van der Waals surface area contributed by atoms with Crippen molar-refractivity contribution >= 4 is 34.9 Å². The summed E-state index contributed by atoms with van der Waals surface area (Å²) in [7, 11) is 0. The van der Waals surface area contributed by atoms with Crippen LogP contribution in [0.1, 0.15) is 0 Å². The molecule has 1 heterocycles. The maximum absolute atomic E-state index is 12.8. The quantitative estimate of drug-likeness (QED) is 0.815. The van der Waals surface area contributed by atoms with Gasteiger partial charge in [0.25, 0.3) is 5.92 Å². The molecule has 1 aliphatic rings. The third-order valence-corrected chi connectivity index (χ3v) is 2.82. The number of anilines is 2. The fourth-order valence-corrected chi connectivity index (χ4v) is 1.91. The highest BCUT2D eigenvalue weighted by Gasteiger charge is 2.44. The zero-order valence-corrected chi connectivity index (χ0v) is 10.2. The van der Waals surface area contributed by atoms with E-state index in [4.69, 9.17) is 16.7 Å². The van der Waals surface area contributed by atoms with E-state index in [1.54, 1.807) is 0 Å². The Morgan fingerprint density at radius 1 is 1.37 bits per heavy atom. The highest BCUT2D eigenvalue weighted by molar-refractivity contribution is 6.37. The van der Waals surface area contributed by atoms with Crippen molar-refractivity contribution in [3.63, 3.8) is 0 Å². The highest BCUT2D eigenvalue weighted by Crippen LogP contribution is 2.37. The third-order valence-electron chi connectivity index (χ3n) is 2.59. The molecule has 1 saturated heterocycles. The molecule has 1 aliphatic heterocycles. The fourth-order valence-electron chi connectivity index (χ4n) is 1.74. The van der Waals surface area contributed by atoms with Gasteiger partial charge in [0.1, 0.15) is 0 Å². The molecule has 2 N–H and O–H groups in total. The first-order valence-electron chi connectivity index (χ1n) is 5.25. The molecule has 0 spiro atoms. The number of amides is 1.